The van der Waals surface area contributed by atoms with E-state index in [2.05, 4.69) is 13.8 Å². The third-order valence-electron chi connectivity index (χ3n) is 2.62. The lowest BCUT2D eigenvalue weighted by Gasteiger charge is -2.03. The quantitative estimate of drug-likeness (QED) is 0.400. The molecule has 0 fully saturated rings. The molecule has 1 nitrogen and oxygen atoms in total. The maximum atomic E-state index is 10.0. The van der Waals surface area contributed by atoms with E-state index in [1.165, 1.54) is 44.9 Å². The normalized spacial score (nSPS) is 12.1. The van der Waals surface area contributed by atoms with Crippen molar-refractivity contribution in [1.82, 2.24) is 0 Å². The van der Waals surface area contributed by atoms with Crippen LogP contribution in [-0.2, 0) is 4.79 Å². The SMILES string of the molecule is CCCCCCCCCC(C)C=C=O. The molecule has 0 heterocycles. The minimum Gasteiger partial charge on any atom is -0.234 e. The second-order valence-corrected chi connectivity index (χ2v) is 4.17. The van der Waals surface area contributed by atoms with E-state index in [1.807, 2.05) is 5.94 Å². The smallest absolute Gasteiger partial charge is 0.120 e. The Hall–Kier alpha value is -0.550. The highest BCUT2D eigenvalue weighted by atomic mass is 16.1. The van der Waals surface area contributed by atoms with Gasteiger partial charge >= 0.3 is 0 Å². The summed E-state index contributed by atoms with van der Waals surface area (Å²) in [5, 5.41) is 0. The molecule has 0 saturated heterocycles. The molecule has 0 aromatic carbocycles. The molecule has 0 aromatic heterocycles. The van der Waals surface area contributed by atoms with Gasteiger partial charge in [-0.25, -0.2) is 4.79 Å². The molecule has 1 heteroatoms. The molecular formula is C13H24O. The fourth-order valence-corrected chi connectivity index (χ4v) is 1.62. The maximum absolute atomic E-state index is 10.0. The van der Waals surface area contributed by atoms with Crippen molar-refractivity contribution in [3.8, 4) is 0 Å². The summed E-state index contributed by atoms with van der Waals surface area (Å²) in [5.74, 6) is 2.28. The Labute approximate surface area is 88.6 Å². The van der Waals surface area contributed by atoms with E-state index < -0.39 is 0 Å². The highest BCUT2D eigenvalue weighted by Crippen LogP contribution is 2.12. The van der Waals surface area contributed by atoms with Gasteiger partial charge in [0.25, 0.3) is 0 Å². The van der Waals surface area contributed by atoms with Crippen molar-refractivity contribution in [1.29, 1.82) is 0 Å². The zero-order valence-electron chi connectivity index (χ0n) is 9.72. The second-order valence-electron chi connectivity index (χ2n) is 4.17. The van der Waals surface area contributed by atoms with Crippen molar-refractivity contribution in [2.75, 3.05) is 0 Å². The Balaban J connectivity index is 3.09. The van der Waals surface area contributed by atoms with Gasteiger partial charge in [0.2, 0.25) is 0 Å². The average Bonchev–Trinajstić information content (AvgIpc) is 2.17. The van der Waals surface area contributed by atoms with Crippen molar-refractivity contribution in [3.05, 3.63) is 6.08 Å². The van der Waals surface area contributed by atoms with Crippen LogP contribution in [0.3, 0.4) is 0 Å². The zero-order chi connectivity index (χ0) is 10.6. The fourth-order valence-electron chi connectivity index (χ4n) is 1.62. The third kappa shape index (κ3) is 9.54. The molecule has 0 bridgehead atoms. The van der Waals surface area contributed by atoms with E-state index in [1.54, 1.807) is 6.08 Å². The van der Waals surface area contributed by atoms with Crippen LogP contribution in [-0.4, -0.2) is 5.94 Å². The molecular weight excluding hydrogens is 172 g/mol. The molecule has 0 saturated carbocycles. The number of unbranched alkanes of at least 4 members (excludes halogenated alkanes) is 6. The lowest BCUT2D eigenvalue weighted by Crippen LogP contribution is -1.90. The van der Waals surface area contributed by atoms with Crippen LogP contribution in [0.1, 0.15) is 65.2 Å². The molecule has 0 aliphatic rings. The van der Waals surface area contributed by atoms with Crippen LogP contribution in [0.15, 0.2) is 6.08 Å². The predicted molar refractivity (Wildman–Crippen MR) is 62.0 cm³/mol. The minimum absolute atomic E-state index is 0.420. The van der Waals surface area contributed by atoms with Gasteiger partial charge in [0.1, 0.15) is 5.94 Å². The third-order valence-corrected chi connectivity index (χ3v) is 2.62. The van der Waals surface area contributed by atoms with Crippen LogP contribution < -0.4 is 0 Å². The van der Waals surface area contributed by atoms with Gasteiger partial charge in [-0.1, -0.05) is 58.8 Å². The number of allylic oxidation sites excluding steroid dienone is 1. The minimum atomic E-state index is 0.420. The first-order valence-electron chi connectivity index (χ1n) is 6.02. The van der Waals surface area contributed by atoms with Crippen LogP contribution in [0.4, 0.5) is 0 Å². The van der Waals surface area contributed by atoms with Crippen LogP contribution in [0.25, 0.3) is 0 Å². The van der Waals surface area contributed by atoms with Crippen molar-refractivity contribution >= 4 is 5.94 Å². The van der Waals surface area contributed by atoms with E-state index in [0.717, 1.165) is 6.42 Å². The van der Waals surface area contributed by atoms with Crippen molar-refractivity contribution in [3.63, 3.8) is 0 Å². The van der Waals surface area contributed by atoms with E-state index in [0.29, 0.717) is 5.92 Å². The Morgan fingerprint density at radius 2 is 1.64 bits per heavy atom. The van der Waals surface area contributed by atoms with Crippen LogP contribution in [0.2, 0.25) is 0 Å². The van der Waals surface area contributed by atoms with Gasteiger partial charge in [0.15, 0.2) is 0 Å². The first-order chi connectivity index (χ1) is 6.81. The van der Waals surface area contributed by atoms with Gasteiger partial charge < -0.3 is 0 Å². The number of rotatable bonds is 9. The first-order valence-corrected chi connectivity index (χ1v) is 6.02. The van der Waals surface area contributed by atoms with Gasteiger partial charge in [0.05, 0.1) is 0 Å². The molecule has 14 heavy (non-hydrogen) atoms. The Morgan fingerprint density at radius 1 is 1.07 bits per heavy atom. The number of carbonyl (C=O) groups excluding carboxylic acids is 1. The van der Waals surface area contributed by atoms with Crippen molar-refractivity contribution in [2.45, 2.75) is 65.2 Å². The van der Waals surface area contributed by atoms with E-state index in [-0.39, 0.29) is 0 Å². The van der Waals surface area contributed by atoms with Gasteiger partial charge in [0, 0.05) is 6.08 Å². The summed E-state index contributed by atoms with van der Waals surface area (Å²) >= 11 is 0. The summed E-state index contributed by atoms with van der Waals surface area (Å²) in [4.78, 5) is 10.0. The molecule has 0 rings (SSSR count). The highest BCUT2D eigenvalue weighted by Gasteiger charge is 1.97. The van der Waals surface area contributed by atoms with Crippen LogP contribution in [0, 0.1) is 5.92 Å². The van der Waals surface area contributed by atoms with Gasteiger partial charge in [-0.15, -0.1) is 0 Å². The summed E-state index contributed by atoms with van der Waals surface area (Å²) in [5.41, 5.74) is 0. The average molecular weight is 196 g/mol. The lowest BCUT2D eigenvalue weighted by molar-refractivity contribution is 0.533. The summed E-state index contributed by atoms with van der Waals surface area (Å²) in [6.45, 7) is 4.33. The van der Waals surface area contributed by atoms with Crippen molar-refractivity contribution < 1.29 is 4.79 Å². The highest BCUT2D eigenvalue weighted by molar-refractivity contribution is 5.45. The summed E-state index contributed by atoms with van der Waals surface area (Å²) in [6, 6.07) is 0. The summed E-state index contributed by atoms with van der Waals surface area (Å²) < 4.78 is 0. The maximum Gasteiger partial charge on any atom is 0.120 e. The van der Waals surface area contributed by atoms with E-state index in [4.69, 9.17) is 0 Å². The molecule has 0 aromatic rings. The molecule has 0 spiro atoms. The van der Waals surface area contributed by atoms with Gasteiger partial charge in [-0.3, -0.25) is 0 Å². The summed E-state index contributed by atoms with van der Waals surface area (Å²) in [6.07, 6.45) is 12.2. The molecule has 1 atom stereocenters. The zero-order valence-corrected chi connectivity index (χ0v) is 9.72. The second kappa shape index (κ2) is 10.5. The lowest BCUT2D eigenvalue weighted by atomic mass is 10.0. The molecule has 0 aliphatic carbocycles. The summed E-state index contributed by atoms with van der Waals surface area (Å²) in [7, 11) is 0. The molecule has 0 aliphatic heterocycles. The number of hydrogen-bond donors (Lipinski definition) is 0. The largest absolute Gasteiger partial charge is 0.234 e. The van der Waals surface area contributed by atoms with E-state index >= 15 is 0 Å². The Kier molecular flexibility index (Phi) is 10.1. The van der Waals surface area contributed by atoms with Gasteiger partial charge in [-0.2, -0.15) is 0 Å². The Morgan fingerprint density at radius 3 is 2.21 bits per heavy atom. The molecule has 0 N–H and O–H groups in total. The van der Waals surface area contributed by atoms with Crippen LogP contribution in [0.5, 0.6) is 0 Å². The molecule has 1 unspecified atom stereocenters. The van der Waals surface area contributed by atoms with Crippen LogP contribution >= 0.6 is 0 Å². The first kappa shape index (κ1) is 13.4. The fraction of sp³-hybridized carbons (Fsp3) is 0.846. The molecule has 0 amide bonds. The standard InChI is InChI=1S/C13H24O/c1-3-4-5-6-7-8-9-10-13(2)11-12-14/h11,13H,3-10H2,1-2H3. The Bertz CT molecular complexity index is 157. The molecule has 82 valence electrons. The monoisotopic (exact) mass is 196 g/mol. The molecule has 0 radical (unpaired) electrons. The van der Waals surface area contributed by atoms with Crippen molar-refractivity contribution in [2.24, 2.45) is 5.92 Å². The van der Waals surface area contributed by atoms with Gasteiger partial charge in [-0.05, 0) is 12.3 Å². The predicted octanol–water partition coefficient (Wildman–Crippen LogP) is 4.15. The topological polar surface area (TPSA) is 17.1 Å². The number of hydrogen-bond acceptors (Lipinski definition) is 1. The van der Waals surface area contributed by atoms with E-state index in [9.17, 15) is 4.79 Å².